The van der Waals surface area contributed by atoms with Crippen LogP contribution in [0.3, 0.4) is 0 Å². The zero-order valence-corrected chi connectivity index (χ0v) is 16.2. The number of carbonyl (C=O) groups is 1. The maximum Gasteiger partial charge on any atom is 0.312 e. The van der Waals surface area contributed by atoms with Crippen molar-refractivity contribution in [2.24, 2.45) is 23.2 Å². The molecule has 1 aromatic carbocycles. The van der Waals surface area contributed by atoms with Crippen LogP contribution in [0.5, 0.6) is 0 Å². The third kappa shape index (κ3) is 3.20. The summed E-state index contributed by atoms with van der Waals surface area (Å²) in [6.45, 7) is 1.74. The molecule has 8 heteroatoms. The molecule has 0 spiro atoms. The summed E-state index contributed by atoms with van der Waals surface area (Å²) in [4.78, 5) is 23.4. The smallest absolute Gasteiger partial charge is 0.312 e. The van der Waals surface area contributed by atoms with Gasteiger partial charge in [0.05, 0.1) is 10.3 Å². The molecule has 2 aromatic rings. The van der Waals surface area contributed by atoms with Crippen LogP contribution in [0.4, 0.5) is 5.69 Å². The van der Waals surface area contributed by atoms with E-state index in [9.17, 15) is 14.9 Å². The van der Waals surface area contributed by atoms with Crippen molar-refractivity contribution in [2.75, 3.05) is 0 Å². The molecule has 6 rings (SSSR count). The van der Waals surface area contributed by atoms with Gasteiger partial charge in [-0.3, -0.25) is 14.9 Å². The molecule has 152 valence electrons. The second kappa shape index (κ2) is 6.64. The van der Waals surface area contributed by atoms with Gasteiger partial charge in [-0.2, -0.15) is 0 Å². The van der Waals surface area contributed by atoms with Crippen molar-refractivity contribution in [3.8, 4) is 11.5 Å². The second-order valence-corrected chi connectivity index (χ2v) is 8.99. The number of carbonyl (C=O) groups excluding carboxylic acids is 1. The quantitative estimate of drug-likeness (QED) is 0.416. The number of esters is 1. The lowest BCUT2D eigenvalue weighted by atomic mass is 9.49. The highest BCUT2D eigenvalue weighted by molar-refractivity contribution is 5.77. The number of non-ortho nitro benzene ring substituents is 1. The number of hydrogen-bond acceptors (Lipinski definition) is 7. The largest absolute Gasteiger partial charge is 0.452 e. The minimum atomic E-state index is -0.630. The van der Waals surface area contributed by atoms with Crippen molar-refractivity contribution >= 4 is 11.7 Å². The molecule has 0 saturated heterocycles. The molecule has 29 heavy (non-hydrogen) atoms. The summed E-state index contributed by atoms with van der Waals surface area (Å²) in [5, 5.41) is 18.8. The number of ether oxygens (including phenoxy) is 1. The van der Waals surface area contributed by atoms with Crippen LogP contribution in [-0.2, 0) is 9.53 Å². The number of nitro groups is 1. The summed E-state index contributed by atoms with van der Waals surface area (Å²) in [5.41, 5.74) is 0.241. The summed E-state index contributed by atoms with van der Waals surface area (Å²) in [6.07, 6.45) is 6.02. The van der Waals surface area contributed by atoms with Crippen LogP contribution < -0.4 is 0 Å². The molecule has 1 atom stereocenters. The van der Waals surface area contributed by atoms with Crippen LogP contribution in [0, 0.1) is 33.3 Å². The van der Waals surface area contributed by atoms with Gasteiger partial charge in [0.15, 0.2) is 6.10 Å². The predicted molar refractivity (Wildman–Crippen MR) is 102 cm³/mol. The average molecular weight is 397 g/mol. The minimum Gasteiger partial charge on any atom is -0.452 e. The van der Waals surface area contributed by atoms with Gasteiger partial charge in [-0.25, -0.2) is 0 Å². The van der Waals surface area contributed by atoms with Crippen molar-refractivity contribution in [1.82, 2.24) is 10.2 Å². The highest BCUT2D eigenvalue weighted by Gasteiger charge is 2.55. The van der Waals surface area contributed by atoms with E-state index in [1.54, 1.807) is 19.1 Å². The van der Waals surface area contributed by atoms with E-state index in [4.69, 9.17) is 9.15 Å². The third-order valence-electron chi connectivity index (χ3n) is 6.87. The topological polar surface area (TPSA) is 108 Å². The maximum absolute atomic E-state index is 13.1. The molecule has 8 nitrogen and oxygen atoms in total. The zero-order chi connectivity index (χ0) is 20.2. The Morgan fingerprint density at radius 2 is 1.72 bits per heavy atom. The Morgan fingerprint density at radius 3 is 2.28 bits per heavy atom. The fourth-order valence-corrected chi connectivity index (χ4v) is 5.94. The van der Waals surface area contributed by atoms with E-state index in [1.165, 1.54) is 31.4 Å². The van der Waals surface area contributed by atoms with E-state index < -0.39 is 11.0 Å². The minimum absolute atomic E-state index is 0.00800. The fourth-order valence-electron chi connectivity index (χ4n) is 5.94. The molecule has 4 bridgehead atoms. The van der Waals surface area contributed by atoms with Gasteiger partial charge in [-0.15, -0.1) is 10.2 Å². The molecule has 1 aromatic heterocycles. The van der Waals surface area contributed by atoms with E-state index >= 15 is 0 Å². The van der Waals surface area contributed by atoms with Crippen molar-refractivity contribution < 1.29 is 18.9 Å². The van der Waals surface area contributed by atoms with Gasteiger partial charge in [0, 0.05) is 17.7 Å². The van der Waals surface area contributed by atoms with Crippen LogP contribution >= 0.6 is 0 Å². The number of aromatic nitrogens is 2. The van der Waals surface area contributed by atoms with Gasteiger partial charge in [0.1, 0.15) is 0 Å². The maximum atomic E-state index is 13.1. The Hall–Kier alpha value is -2.77. The van der Waals surface area contributed by atoms with E-state index in [1.807, 2.05) is 0 Å². The Kier molecular flexibility index (Phi) is 4.18. The van der Waals surface area contributed by atoms with E-state index in [-0.39, 0.29) is 28.9 Å². The first kappa shape index (κ1) is 18.3. The van der Waals surface area contributed by atoms with Gasteiger partial charge in [-0.05, 0) is 75.3 Å². The first-order valence-electron chi connectivity index (χ1n) is 10.2. The highest BCUT2D eigenvalue weighted by atomic mass is 16.6. The lowest BCUT2D eigenvalue weighted by Gasteiger charge is -2.55. The first-order valence-corrected chi connectivity index (χ1v) is 10.2. The predicted octanol–water partition coefficient (Wildman–Crippen LogP) is 4.47. The molecular formula is C21H23N3O5. The highest BCUT2D eigenvalue weighted by Crippen LogP contribution is 2.60. The number of hydrogen-bond donors (Lipinski definition) is 0. The van der Waals surface area contributed by atoms with Crippen LogP contribution in [0.2, 0.25) is 0 Å². The van der Waals surface area contributed by atoms with E-state index in [0.717, 1.165) is 19.3 Å². The van der Waals surface area contributed by atoms with Crippen LogP contribution in [0.1, 0.15) is 57.4 Å². The molecule has 4 aliphatic carbocycles. The Balaban J connectivity index is 1.28. The molecule has 0 amide bonds. The monoisotopic (exact) mass is 397 g/mol. The van der Waals surface area contributed by atoms with Crippen molar-refractivity contribution in [1.29, 1.82) is 0 Å². The Labute approximate surface area is 167 Å². The molecule has 4 saturated carbocycles. The molecular weight excluding hydrogens is 374 g/mol. The number of nitro benzene ring substituents is 1. The van der Waals surface area contributed by atoms with Gasteiger partial charge < -0.3 is 9.15 Å². The second-order valence-electron chi connectivity index (χ2n) is 8.99. The van der Waals surface area contributed by atoms with E-state index in [0.29, 0.717) is 23.3 Å². The molecule has 4 fully saturated rings. The van der Waals surface area contributed by atoms with Crippen LogP contribution in [-0.4, -0.2) is 21.1 Å². The molecule has 0 radical (unpaired) electrons. The summed E-state index contributed by atoms with van der Waals surface area (Å²) in [7, 11) is 0. The Morgan fingerprint density at radius 1 is 1.14 bits per heavy atom. The molecule has 0 N–H and O–H groups in total. The van der Waals surface area contributed by atoms with Gasteiger partial charge >= 0.3 is 5.97 Å². The van der Waals surface area contributed by atoms with Gasteiger partial charge in [0.25, 0.3) is 11.6 Å². The van der Waals surface area contributed by atoms with Gasteiger partial charge in [-0.1, -0.05) is 0 Å². The fraction of sp³-hybridized carbons (Fsp3) is 0.571. The third-order valence-corrected chi connectivity index (χ3v) is 6.87. The van der Waals surface area contributed by atoms with Gasteiger partial charge in [0.2, 0.25) is 5.89 Å². The average Bonchev–Trinajstić information content (AvgIpc) is 3.17. The summed E-state index contributed by atoms with van der Waals surface area (Å²) in [5.74, 6) is 2.35. The molecule has 1 heterocycles. The molecule has 0 aliphatic heterocycles. The summed E-state index contributed by atoms with van der Waals surface area (Å²) >= 11 is 0. The lowest BCUT2D eigenvalue weighted by molar-refractivity contribution is -0.384. The standard InChI is InChI=1S/C21H23N3O5/c1-12(18-22-23-19(29-18)16-2-4-17(5-3-16)24(26)27)28-20(25)21-9-13-6-14(10-21)8-15(7-13)11-21/h2-5,12-15H,6-11H2,1H3/t12-,13?,14?,15?,21?/m1/s1. The normalized spacial score (nSPS) is 30.9. The number of nitrogens with zero attached hydrogens (tertiary/aromatic N) is 3. The van der Waals surface area contributed by atoms with Crippen LogP contribution in [0.15, 0.2) is 28.7 Å². The zero-order valence-electron chi connectivity index (χ0n) is 16.2. The molecule has 0 unspecified atom stereocenters. The SMILES string of the molecule is C[C@@H](OC(=O)C12CC3CC(CC(C3)C1)C2)c1nnc(-c2ccc([N+](=O)[O-])cc2)o1. The Bertz CT molecular complexity index is 916. The first-order chi connectivity index (χ1) is 13.9. The van der Waals surface area contributed by atoms with Crippen molar-refractivity contribution in [3.05, 3.63) is 40.3 Å². The van der Waals surface area contributed by atoms with Crippen LogP contribution in [0.25, 0.3) is 11.5 Å². The van der Waals surface area contributed by atoms with Crippen molar-refractivity contribution in [2.45, 2.75) is 51.6 Å². The summed E-state index contributed by atoms with van der Waals surface area (Å²) in [6, 6.07) is 5.88. The number of benzene rings is 1. The molecule has 4 aliphatic rings. The number of rotatable bonds is 5. The van der Waals surface area contributed by atoms with Crippen molar-refractivity contribution in [3.63, 3.8) is 0 Å². The summed E-state index contributed by atoms with van der Waals surface area (Å²) < 4.78 is 11.5. The lowest BCUT2D eigenvalue weighted by Crippen LogP contribution is -2.50. The van der Waals surface area contributed by atoms with E-state index in [2.05, 4.69) is 10.2 Å².